The topological polar surface area (TPSA) is 80.7 Å². The van der Waals surface area contributed by atoms with Crippen LogP contribution in [0.15, 0.2) is 88.2 Å². The van der Waals surface area contributed by atoms with Crippen LogP contribution in [0.4, 0.5) is 5.13 Å². The third-order valence-corrected chi connectivity index (χ3v) is 6.76. The lowest BCUT2D eigenvalue weighted by Crippen LogP contribution is -2.09. The first-order valence-corrected chi connectivity index (χ1v) is 12.2. The van der Waals surface area contributed by atoms with Gasteiger partial charge in [0.05, 0.1) is 16.9 Å². The molecule has 0 fully saturated rings. The molecule has 6 nitrogen and oxygen atoms in total. The Hall–Kier alpha value is -2.91. The predicted octanol–water partition coefficient (Wildman–Crippen LogP) is 6.33. The molecule has 0 amide bonds. The molecule has 3 aromatic carbocycles. The van der Waals surface area contributed by atoms with Crippen LogP contribution in [-0.4, -0.2) is 19.6 Å². The number of thiazole rings is 1. The third-order valence-electron chi connectivity index (χ3n) is 4.20. The largest absolute Gasteiger partial charge is 0.379 e. The van der Waals surface area contributed by atoms with Crippen molar-refractivity contribution in [3.63, 3.8) is 0 Å². The molecule has 4 aromatic rings. The zero-order chi connectivity index (χ0) is 22.6. The number of halogens is 2. The molecule has 162 valence electrons. The van der Waals surface area contributed by atoms with Gasteiger partial charge in [-0.15, -0.1) is 11.3 Å². The van der Waals surface area contributed by atoms with E-state index in [-0.39, 0.29) is 10.6 Å². The van der Waals surface area contributed by atoms with Gasteiger partial charge in [-0.2, -0.15) is 13.5 Å². The Kier molecular flexibility index (Phi) is 6.76. The molecule has 1 heterocycles. The first-order valence-electron chi connectivity index (χ1n) is 9.20. The van der Waals surface area contributed by atoms with Gasteiger partial charge in [0.25, 0.3) is 0 Å². The van der Waals surface area contributed by atoms with E-state index in [1.54, 1.807) is 60.8 Å². The van der Waals surface area contributed by atoms with Crippen molar-refractivity contribution >= 4 is 56.0 Å². The van der Waals surface area contributed by atoms with Crippen molar-refractivity contribution in [2.45, 2.75) is 4.90 Å². The molecule has 4 rings (SSSR count). The normalized spacial score (nSPS) is 11.6. The highest BCUT2D eigenvalue weighted by Gasteiger charge is 2.15. The molecule has 1 aromatic heterocycles. The van der Waals surface area contributed by atoms with Crippen LogP contribution in [0.2, 0.25) is 10.0 Å². The van der Waals surface area contributed by atoms with E-state index in [0.717, 1.165) is 16.8 Å². The second-order valence-corrected chi connectivity index (χ2v) is 9.70. The summed E-state index contributed by atoms with van der Waals surface area (Å²) in [6.07, 6.45) is 1.59. The van der Waals surface area contributed by atoms with Crippen LogP contribution in [0.1, 0.15) is 5.56 Å². The van der Waals surface area contributed by atoms with Crippen LogP contribution >= 0.6 is 34.5 Å². The van der Waals surface area contributed by atoms with Gasteiger partial charge in [-0.3, -0.25) is 5.43 Å². The summed E-state index contributed by atoms with van der Waals surface area (Å²) in [5.41, 5.74) is 5.12. The van der Waals surface area contributed by atoms with Crippen LogP contribution < -0.4 is 9.61 Å². The monoisotopic (exact) mass is 503 g/mol. The molecule has 0 saturated heterocycles. The van der Waals surface area contributed by atoms with E-state index in [4.69, 9.17) is 27.4 Å². The molecule has 0 aliphatic carbocycles. The van der Waals surface area contributed by atoms with Crippen LogP contribution in [0, 0.1) is 0 Å². The molecule has 0 saturated carbocycles. The average molecular weight is 504 g/mol. The van der Waals surface area contributed by atoms with Gasteiger partial charge in [0, 0.05) is 16.0 Å². The minimum absolute atomic E-state index is 0.0949. The molecule has 32 heavy (non-hydrogen) atoms. The van der Waals surface area contributed by atoms with Crippen LogP contribution in [0.25, 0.3) is 11.3 Å². The highest BCUT2D eigenvalue weighted by Crippen LogP contribution is 2.32. The van der Waals surface area contributed by atoms with Gasteiger partial charge < -0.3 is 4.18 Å². The van der Waals surface area contributed by atoms with Crippen molar-refractivity contribution in [1.29, 1.82) is 0 Å². The van der Waals surface area contributed by atoms with Crippen molar-refractivity contribution in [2.24, 2.45) is 5.10 Å². The number of rotatable bonds is 7. The minimum atomic E-state index is -3.87. The van der Waals surface area contributed by atoms with Crippen molar-refractivity contribution in [3.8, 4) is 17.0 Å². The summed E-state index contributed by atoms with van der Waals surface area (Å²) < 4.78 is 29.7. The molecule has 0 aliphatic rings. The number of nitrogens with zero attached hydrogens (tertiary/aromatic N) is 2. The lowest BCUT2D eigenvalue weighted by Gasteiger charge is -2.06. The molecule has 0 radical (unpaired) electrons. The molecular formula is C22H15Cl2N3O3S2. The Balaban J connectivity index is 1.38. The number of nitrogens with one attached hydrogen (secondary N) is 1. The zero-order valence-electron chi connectivity index (χ0n) is 16.3. The van der Waals surface area contributed by atoms with E-state index >= 15 is 0 Å². The summed E-state index contributed by atoms with van der Waals surface area (Å²) in [6, 6.07) is 19.7. The second kappa shape index (κ2) is 9.70. The lowest BCUT2D eigenvalue weighted by atomic mass is 10.2. The quantitative estimate of drug-likeness (QED) is 0.181. The SMILES string of the molecule is O=S(=O)(Oc1ccc(/C=N\Nc2nc(-c3ccc(Cl)cc3Cl)cs2)cc1)c1ccccc1. The number of hydrazone groups is 1. The third kappa shape index (κ3) is 5.46. The van der Waals surface area contributed by atoms with E-state index in [0.29, 0.717) is 15.2 Å². The predicted molar refractivity (Wildman–Crippen MR) is 129 cm³/mol. The van der Waals surface area contributed by atoms with Gasteiger partial charge in [0.15, 0.2) is 0 Å². The number of anilines is 1. The van der Waals surface area contributed by atoms with Crippen LogP contribution in [0.3, 0.4) is 0 Å². The maximum atomic E-state index is 12.3. The van der Waals surface area contributed by atoms with Gasteiger partial charge in [-0.05, 0) is 60.2 Å². The Morgan fingerprint density at radius 3 is 2.47 bits per heavy atom. The maximum absolute atomic E-state index is 12.3. The summed E-state index contributed by atoms with van der Waals surface area (Å²) in [5, 5.41) is 7.71. The number of hydrogen-bond acceptors (Lipinski definition) is 7. The highest BCUT2D eigenvalue weighted by molar-refractivity contribution is 7.87. The molecule has 0 spiro atoms. The molecule has 10 heteroatoms. The maximum Gasteiger partial charge on any atom is 0.339 e. The molecule has 0 unspecified atom stereocenters. The second-order valence-electron chi connectivity index (χ2n) is 6.45. The van der Waals surface area contributed by atoms with Crippen molar-refractivity contribution in [1.82, 2.24) is 4.98 Å². The molecule has 0 aliphatic heterocycles. The van der Waals surface area contributed by atoms with Crippen LogP contribution in [0.5, 0.6) is 5.75 Å². The molecule has 0 atom stereocenters. The fourth-order valence-corrected chi connectivity index (χ4v) is 4.80. The summed E-state index contributed by atoms with van der Waals surface area (Å²) >= 11 is 13.5. The van der Waals surface area contributed by atoms with E-state index in [1.807, 2.05) is 11.4 Å². The van der Waals surface area contributed by atoms with E-state index in [1.165, 1.54) is 23.5 Å². The van der Waals surface area contributed by atoms with E-state index < -0.39 is 10.1 Å². The standard InChI is InChI=1S/C22H15Cl2N3O3S2/c23-16-8-11-19(20(24)12-16)21-14-31-22(26-21)27-25-13-15-6-9-17(10-7-15)30-32(28,29)18-4-2-1-3-5-18/h1-14H,(H,26,27)/b25-13-. The summed E-state index contributed by atoms with van der Waals surface area (Å²) in [6.45, 7) is 0. The first-order chi connectivity index (χ1) is 15.4. The average Bonchev–Trinajstić information content (AvgIpc) is 3.24. The van der Waals surface area contributed by atoms with Gasteiger partial charge in [-0.1, -0.05) is 41.4 Å². The molecular weight excluding hydrogens is 489 g/mol. The Bertz CT molecular complexity index is 1360. The summed E-state index contributed by atoms with van der Waals surface area (Å²) in [5.74, 6) is 0.211. The van der Waals surface area contributed by atoms with Gasteiger partial charge in [-0.25, -0.2) is 4.98 Å². The van der Waals surface area contributed by atoms with Crippen molar-refractivity contribution < 1.29 is 12.6 Å². The fraction of sp³-hybridized carbons (Fsp3) is 0. The minimum Gasteiger partial charge on any atom is -0.379 e. The Morgan fingerprint density at radius 1 is 1.00 bits per heavy atom. The van der Waals surface area contributed by atoms with E-state index in [9.17, 15) is 8.42 Å². The number of benzene rings is 3. The summed E-state index contributed by atoms with van der Waals surface area (Å²) in [7, 11) is -3.87. The molecule has 0 bridgehead atoms. The Morgan fingerprint density at radius 2 is 1.75 bits per heavy atom. The van der Waals surface area contributed by atoms with Crippen molar-refractivity contribution in [3.05, 3.63) is 93.8 Å². The van der Waals surface area contributed by atoms with Gasteiger partial charge >= 0.3 is 10.1 Å². The number of aromatic nitrogens is 1. The zero-order valence-corrected chi connectivity index (χ0v) is 19.4. The summed E-state index contributed by atoms with van der Waals surface area (Å²) in [4.78, 5) is 4.56. The fourth-order valence-electron chi connectivity index (χ4n) is 2.68. The first kappa shape index (κ1) is 22.3. The van der Waals surface area contributed by atoms with Crippen LogP contribution in [-0.2, 0) is 10.1 Å². The van der Waals surface area contributed by atoms with Gasteiger partial charge in [0.1, 0.15) is 10.6 Å². The Labute approximate surface area is 199 Å². The lowest BCUT2D eigenvalue weighted by molar-refractivity contribution is 0.486. The van der Waals surface area contributed by atoms with E-state index in [2.05, 4.69) is 15.5 Å². The smallest absolute Gasteiger partial charge is 0.339 e. The van der Waals surface area contributed by atoms with Gasteiger partial charge in [0.2, 0.25) is 5.13 Å². The molecule has 1 N–H and O–H groups in total. The number of hydrogen-bond donors (Lipinski definition) is 1. The highest BCUT2D eigenvalue weighted by atomic mass is 35.5. The van der Waals surface area contributed by atoms with Crippen molar-refractivity contribution in [2.75, 3.05) is 5.43 Å².